The van der Waals surface area contributed by atoms with Gasteiger partial charge in [-0.1, -0.05) is 0 Å². The highest BCUT2D eigenvalue weighted by molar-refractivity contribution is 5.98. The van der Waals surface area contributed by atoms with E-state index in [1.165, 1.54) is 0 Å². The number of nitrogens with zero attached hydrogens (tertiary/aromatic N) is 2. The predicted molar refractivity (Wildman–Crippen MR) is 85.3 cm³/mol. The molecule has 2 aromatic heterocycles. The van der Waals surface area contributed by atoms with Crippen molar-refractivity contribution in [2.24, 2.45) is 0 Å². The highest BCUT2D eigenvalue weighted by Gasteiger charge is 2.23. The first-order valence-electron chi connectivity index (χ1n) is 7.34. The molecule has 0 radical (unpaired) electrons. The lowest BCUT2D eigenvalue weighted by molar-refractivity contribution is -0.122. The second-order valence-corrected chi connectivity index (χ2v) is 5.54. The van der Waals surface area contributed by atoms with Crippen molar-refractivity contribution in [2.45, 2.75) is 19.6 Å². The van der Waals surface area contributed by atoms with E-state index in [1.54, 1.807) is 6.92 Å². The number of ether oxygens (including phenoxy) is 1. The van der Waals surface area contributed by atoms with Gasteiger partial charge in [0, 0.05) is 18.0 Å². The lowest BCUT2D eigenvalue weighted by Gasteiger charge is -2.23. The van der Waals surface area contributed by atoms with Crippen LogP contribution in [0.2, 0.25) is 0 Å². The Labute approximate surface area is 132 Å². The fraction of sp³-hybridized carbons (Fsp3) is 0.176. The van der Waals surface area contributed by atoms with E-state index < -0.39 is 6.10 Å². The number of fused-ring (bicyclic) bond motifs is 2. The van der Waals surface area contributed by atoms with Gasteiger partial charge in [0.25, 0.3) is 5.91 Å². The van der Waals surface area contributed by atoms with Crippen LogP contribution in [-0.2, 0) is 11.4 Å². The van der Waals surface area contributed by atoms with Gasteiger partial charge in [-0.15, -0.1) is 0 Å². The number of rotatable bonds is 2. The number of carbonyl (C=O) groups excluding carboxylic acids is 1. The molecular weight excluding hydrogens is 294 g/mol. The Morgan fingerprint density at radius 3 is 3.04 bits per heavy atom. The van der Waals surface area contributed by atoms with E-state index in [2.05, 4.69) is 10.3 Å². The van der Waals surface area contributed by atoms with Crippen molar-refractivity contribution >= 4 is 17.2 Å². The number of benzene rings is 1. The molecule has 1 unspecified atom stereocenters. The minimum Gasteiger partial charge on any atom is -0.479 e. The van der Waals surface area contributed by atoms with Crippen LogP contribution in [0.5, 0.6) is 5.75 Å². The number of hydrogen-bond donors (Lipinski definition) is 2. The zero-order valence-corrected chi connectivity index (χ0v) is 12.5. The van der Waals surface area contributed by atoms with E-state index >= 15 is 0 Å². The summed E-state index contributed by atoms with van der Waals surface area (Å²) >= 11 is 0. The Morgan fingerprint density at radius 2 is 2.22 bits per heavy atom. The third-order valence-corrected chi connectivity index (χ3v) is 3.91. The molecule has 6 nitrogen and oxygen atoms in total. The number of amides is 1. The number of anilines is 1. The Kier molecular flexibility index (Phi) is 3.06. The zero-order valence-electron chi connectivity index (χ0n) is 12.5. The maximum Gasteiger partial charge on any atom is 0.265 e. The van der Waals surface area contributed by atoms with Crippen molar-refractivity contribution in [3.8, 4) is 17.0 Å². The summed E-state index contributed by atoms with van der Waals surface area (Å²) in [5, 5.41) is 12.0. The smallest absolute Gasteiger partial charge is 0.265 e. The summed E-state index contributed by atoms with van der Waals surface area (Å²) in [4.78, 5) is 16.3. The standard InChI is InChI=1S/C17H15N3O3/c1-10-17(22)19-13-7-12(2-3-15(13)23-10)14-8-20-5-4-11(9-21)6-16(20)18-14/h2-8,10,21H,9H2,1H3,(H,19,22). The number of pyridine rings is 1. The molecule has 1 aliphatic rings. The topological polar surface area (TPSA) is 75.9 Å². The summed E-state index contributed by atoms with van der Waals surface area (Å²) in [5.41, 5.74) is 3.90. The molecule has 0 bridgehead atoms. The van der Waals surface area contributed by atoms with Crippen LogP contribution in [0.15, 0.2) is 42.7 Å². The van der Waals surface area contributed by atoms with E-state index in [4.69, 9.17) is 4.74 Å². The Morgan fingerprint density at radius 1 is 1.35 bits per heavy atom. The molecule has 0 spiro atoms. The SMILES string of the molecule is CC1Oc2ccc(-c3cn4ccc(CO)cc4n3)cc2NC1=O. The van der Waals surface area contributed by atoms with Crippen LogP contribution < -0.4 is 10.1 Å². The number of aromatic nitrogens is 2. The minimum atomic E-state index is -0.486. The molecule has 1 aliphatic heterocycles. The molecule has 0 saturated heterocycles. The quantitative estimate of drug-likeness (QED) is 0.761. The number of hydrogen-bond acceptors (Lipinski definition) is 4. The molecule has 6 heteroatoms. The van der Waals surface area contributed by atoms with Crippen LogP contribution in [0, 0.1) is 0 Å². The van der Waals surface area contributed by atoms with E-state index in [1.807, 2.05) is 47.1 Å². The number of nitrogens with one attached hydrogen (secondary N) is 1. The van der Waals surface area contributed by atoms with Crippen LogP contribution in [0.25, 0.3) is 16.9 Å². The first kappa shape index (κ1) is 13.8. The third kappa shape index (κ3) is 2.33. The maximum atomic E-state index is 11.7. The van der Waals surface area contributed by atoms with E-state index in [0.29, 0.717) is 11.4 Å². The van der Waals surface area contributed by atoms with Gasteiger partial charge in [0.2, 0.25) is 0 Å². The summed E-state index contributed by atoms with van der Waals surface area (Å²) in [6.07, 6.45) is 3.29. The summed E-state index contributed by atoms with van der Waals surface area (Å²) in [6, 6.07) is 9.30. The molecule has 1 amide bonds. The summed E-state index contributed by atoms with van der Waals surface area (Å²) in [7, 11) is 0. The summed E-state index contributed by atoms with van der Waals surface area (Å²) in [6.45, 7) is 1.70. The van der Waals surface area contributed by atoms with Crippen molar-refractivity contribution in [1.29, 1.82) is 0 Å². The molecule has 1 atom stereocenters. The van der Waals surface area contributed by atoms with Crippen LogP contribution in [0.3, 0.4) is 0 Å². The van der Waals surface area contributed by atoms with Crippen LogP contribution in [-0.4, -0.2) is 26.5 Å². The maximum absolute atomic E-state index is 11.7. The Hall–Kier alpha value is -2.86. The molecule has 0 aliphatic carbocycles. The molecule has 1 aromatic carbocycles. The molecule has 0 fully saturated rings. The third-order valence-electron chi connectivity index (χ3n) is 3.91. The molecule has 116 valence electrons. The number of aliphatic hydroxyl groups is 1. The van der Waals surface area contributed by atoms with Crippen molar-refractivity contribution in [3.05, 3.63) is 48.3 Å². The highest BCUT2D eigenvalue weighted by Crippen LogP contribution is 2.33. The Balaban J connectivity index is 1.76. The second-order valence-electron chi connectivity index (χ2n) is 5.54. The van der Waals surface area contributed by atoms with Gasteiger partial charge in [0.15, 0.2) is 6.10 Å². The minimum absolute atomic E-state index is 0.0148. The average Bonchev–Trinajstić information content (AvgIpc) is 2.98. The monoisotopic (exact) mass is 309 g/mol. The fourth-order valence-corrected chi connectivity index (χ4v) is 2.63. The molecule has 4 rings (SSSR count). The van der Waals surface area contributed by atoms with Gasteiger partial charge in [-0.05, 0) is 42.8 Å². The lowest BCUT2D eigenvalue weighted by atomic mass is 10.1. The zero-order chi connectivity index (χ0) is 16.0. The van der Waals surface area contributed by atoms with Crippen molar-refractivity contribution < 1.29 is 14.6 Å². The van der Waals surface area contributed by atoms with Gasteiger partial charge in [0.05, 0.1) is 18.0 Å². The molecule has 0 saturated carbocycles. The van der Waals surface area contributed by atoms with Crippen LogP contribution in [0.1, 0.15) is 12.5 Å². The number of imidazole rings is 1. The normalized spacial score (nSPS) is 16.8. The van der Waals surface area contributed by atoms with Gasteiger partial charge >= 0.3 is 0 Å². The molecule has 23 heavy (non-hydrogen) atoms. The lowest BCUT2D eigenvalue weighted by Crippen LogP contribution is -2.34. The van der Waals surface area contributed by atoms with Crippen LogP contribution >= 0.6 is 0 Å². The number of carbonyl (C=O) groups is 1. The summed E-state index contributed by atoms with van der Waals surface area (Å²) < 4.78 is 7.45. The van der Waals surface area contributed by atoms with E-state index in [-0.39, 0.29) is 12.5 Å². The Bertz CT molecular complexity index is 917. The summed E-state index contributed by atoms with van der Waals surface area (Å²) in [5.74, 6) is 0.504. The van der Waals surface area contributed by atoms with Gasteiger partial charge in [-0.3, -0.25) is 4.79 Å². The molecule has 3 aromatic rings. The van der Waals surface area contributed by atoms with Gasteiger partial charge < -0.3 is 19.6 Å². The van der Waals surface area contributed by atoms with Crippen molar-refractivity contribution in [2.75, 3.05) is 5.32 Å². The van der Waals surface area contributed by atoms with Crippen LogP contribution in [0.4, 0.5) is 5.69 Å². The predicted octanol–water partition coefficient (Wildman–Crippen LogP) is 2.21. The van der Waals surface area contributed by atoms with Crippen molar-refractivity contribution in [1.82, 2.24) is 9.38 Å². The van der Waals surface area contributed by atoms with E-state index in [0.717, 1.165) is 22.5 Å². The average molecular weight is 309 g/mol. The molecule has 3 heterocycles. The fourth-order valence-electron chi connectivity index (χ4n) is 2.63. The molecule has 2 N–H and O–H groups in total. The second kappa shape index (κ2) is 5.10. The first-order chi connectivity index (χ1) is 11.1. The molecular formula is C17H15N3O3. The largest absolute Gasteiger partial charge is 0.479 e. The van der Waals surface area contributed by atoms with Gasteiger partial charge in [-0.25, -0.2) is 4.98 Å². The first-order valence-corrected chi connectivity index (χ1v) is 7.34. The number of aliphatic hydroxyl groups excluding tert-OH is 1. The van der Waals surface area contributed by atoms with Gasteiger partial charge in [0.1, 0.15) is 11.4 Å². The highest BCUT2D eigenvalue weighted by atomic mass is 16.5. The van der Waals surface area contributed by atoms with E-state index in [9.17, 15) is 9.90 Å². The van der Waals surface area contributed by atoms with Crippen molar-refractivity contribution in [3.63, 3.8) is 0 Å². The van der Waals surface area contributed by atoms with Gasteiger partial charge in [-0.2, -0.15) is 0 Å².